The Morgan fingerprint density at radius 1 is 1.12 bits per heavy atom. The molecular formula is C19H21ClN2O3. The average Bonchev–Trinajstić information content (AvgIpc) is 2.60. The smallest absolute Gasteiger partial charge is 0.226 e. The fourth-order valence-electron chi connectivity index (χ4n) is 2.38. The molecule has 0 radical (unpaired) electrons. The second-order valence-electron chi connectivity index (χ2n) is 5.53. The molecule has 6 heteroatoms. The summed E-state index contributed by atoms with van der Waals surface area (Å²) in [6.07, 6.45) is 0.183. The molecule has 0 spiro atoms. The van der Waals surface area contributed by atoms with E-state index in [1.807, 2.05) is 30.3 Å². The molecule has 132 valence electrons. The van der Waals surface area contributed by atoms with E-state index < -0.39 is 0 Å². The van der Waals surface area contributed by atoms with Crippen molar-refractivity contribution in [2.75, 3.05) is 19.0 Å². The molecule has 2 amide bonds. The summed E-state index contributed by atoms with van der Waals surface area (Å²) in [6, 6.07) is 14.5. The van der Waals surface area contributed by atoms with Gasteiger partial charge < -0.3 is 15.0 Å². The van der Waals surface area contributed by atoms with E-state index in [1.54, 1.807) is 30.2 Å². The topological polar surface area (TPSA) is 58.6 Å². The van der Waals surface area contributed by atoms with Crippen molar-refractivity contribution in [3.05, 3.63) is 59.1 Å². The number of nitrogens with zero attached hydrogens (tertiary/aromatic N) is 1. The van der Waals surface area contributed by atoms with E-state index in [1.165, 1.54) is 6.92 Å². The Hall–Kier alpha value is -2.53. The molecule has 0 unspecified atom stereocenters. The molecule has 0 aliphatic heterocycles. The van der Waals surface area contributed by atoms with Crippen LogP contribution in [-0.4, -0.2) is 30.4 Å². The fraction of sp³-hybridized carbons (Fsp3) is 0.263. The normalized spacial score (nSPS) is 10.2. The molecule has 0 aliphatic rings. The molecule has 0 heterocycles. The van der Waals surface area contributed by atoms with Gasteiger partial charge in [0.1, 0.15) is 5.75 Å². The van der Waals surface area contributed by atoms with Gasteiger partial charge >= 0.3 is 0 Å². The van der Waals surface area contributed by atoms with Crippen LogP contribution >= 0.6 is 11.6 Å². The first-order valence-electron chi connectivity index (χ1n) is 7.93. The molecule has 2 rings (SSSR count). The molecule has 0 aliphatic carbocycles. The summed E-state index contributed by atoms with van der Waals surface area (Å²) >= 11 is 6.15. The summed E-state index contributed by atoms with van der Waals surface area (Å²) in [5, 5.41) is 3.41. The number of anilines is 1. The number of nitrogens with one attached hydrogen (secondary N) is 1. The van der Waals surface area contributed by atoms with Gasteiger partial charge in [0.25, 0.3) is 0 Å². The van der Waals surface area contributed by atoms with Crippen LogP contribution in [0.2, 0.25) is 5.02 Å². The second kappa shape index (κ2) is 9.08. The van der Waals surface area contributed by atoms with Gasteiger partial charge in [-0.2, -0.15) is 0 Å². The van der Waals surface area contributed by atoms with Crippen LogP contribution in [0, 0.1) is 0 Å². The number of hydrogen-bond donors (Lipinski definition) is 1. The van der Waals surface area contributed by atoms with Gasteiger partial charge in [0.05, 0.1) is 12.8 Å². The summed E-state index contributed by atoms with van der Waals surface area (Å²) < 4.78 is 5.21. The maximum Gasteiger partial charge on any atom is 0.226 e. The van der Waals surface area contributed by atoms with E-state index in [-0.39, 0.29) is 18.2 Å². The zero-order chi connectivity index (χ0) is 18.2. The Balaban J connectivity index is 1.95. The molecular weight excluding hydrogens is 340 g/mol. The van der Waals surface area contributed by atoms with Crippen molar-refractivity contribution in [2.45, 2.75) is 19.9 Å². The van der Waals surface area contributed by atoms with Gasteiger partial charge in [-0.25, -0.2) is 0 Å². The first kappa shape index (κ1) is 18.8. The van der Waals surface area contributed by atoms with Gasteiger partial charge in [-0.05, 0) is 23.8 Å². The van der Waals surface area contributed by atoms with Crippen LogP contribution in [0.1, 0.15) is 18.9 Å². The molecule has 0 bridgehead atoms. The number of halogens is 1. The SMILES string of the molecule is COc1ccccc1NC(=O)CCN(Cc1ccccc1Cl)C(C)=O. The highest BCUT2D eigenvalue weighted by atomic mass is 35.5. The van der Waals surface area contributed by atoms with Gasteiger partial charge in [-0.3, -0.25) is 9.59 Å². The van der Waals surface area contributed by atoms with Gasteiger partial charge in [0.2, 0.25) is 11.8 Å². The number of carbonyl (C=O) groups excluding carboxylic acids is 2. The summed E-state index contributed by atoms with van der Waals surface area (Å²) in [6.45, 7) is 2.16. The predicted octanol–water partition coefficient (Wildman–Crippen LogP) is 3.73. The number of ether oxygens (including phenoxy) is 1. The molecule has 0 aromatic heterocycles. The highest BCUT2D eigenvalue weighted by molar-refractivity contribution is 6.31. The van der Waals surface area contributed by atoms with E-state index in [0.717, 1.165) is 5.56 Å². The summed E-state index contributed by atoms with van der Waals surface area (Å²) in [5.41, 5.74) is 1.46. The van der Waals surface area contributed by atoms with Crippen molar-refractivity contribution in [1.29, 1.82) is 0 Å². The highest BCUT2D eigenvalue weighted by Crippen LogP contribution is 2.23. The van der Waals surface area contributed by atoms with Crippen molar-refractivity contribution in [3.63, 3.8) is 0 Å². The molecule has 5 nitrogen and oxygen atoms in total. The van der Waals surface area contributed by atoms with Crippen LogP contribution in [0.4, 0.5) is 5.69 Å². The minimum absolute atomic E-state index is 0.106. The van der Waals surface area contributed by atoms with Crippen LogP contribution in [-0.2, 0) is 16.1 Å². The van der Waals surface area contributed by atoms with Crippen LogP contribution in [0.5, 0.6) is 5.75 Å². The lowest BCUT2D eigenvalue weighted by Gasteiger charge is -2.21. The third kappa shape index (κ3) is 5.50. The predicted molar refractivity (Wildman–Crippen MR) is 98.8 cm³/mol. The van der Waals surface area contributed by atoms with Crippen molar-refractivity contribution in [1.82, 2.24) is 4.90 Å². The largest absolute Gasteiger partial charge is 0.495 e. The van der Waals surface area contributed by atoms with Gasteiger partial charge in [-0.1, -0.05) is 41.9 Å². The Labute approximate surface area is 152 Å². The Bertz CT molecular complexity index is 749. The summed E-state index contributed by atoms with van der Waals surface area (Å²) in [4.78, 5) is 25.7. The lowest BCUT2D eigenvalue weighted by Crippen LogP contribution is -2.31. The third-order valence-electron chi connectivity index (χ3n) is 3.75. The molecule has 1 N–H and O–H groups in total. The molecule has 0 saturated carbocycles. The number of hydrogen-bond acceptors (Lipinski definition) is 3. The lowest BCUT2D eigenvalue weighted by atomic mass is 10.2. The van der Waals surface area contributed by atoms with Crippen LogP contribution < -0.4 is 10.1 Å². The Morgan fingerprint density at radius 2 is 1.80 bits per heavy atom. The number of carbonyl (C=O) groups is 2. The number of methoxy groups -OCH3 is 1. The monoisotopic (exact) mass is 360 g/mol. The second-order valence-corrected chi connectivity index (χ2v) is 5.94. The molecule has 2 aromatic rings. The maximum absolute atomic E-state index is 12.2. The lowest BCUT2D eigenvalue weighted by molar-refractivity contribution is -0.129. The van der Waals surface area contributed by atoms with Crippen molar-refractivity contribution in [2.24, 2.45) is 0 Å². The van der Waals surface area contributed by atoms with Gasteiger partial charge in [-0.15, -0.1) is 0 Å². The number of amides is 2. The van der Waals surface area contributed by atoms with Crippen LogP contribution in [0.25, 0.3) is 0 Å². The van der Waals surface area contributed by atoms with Crippen molar-refractivity contribution < 1.29 is 14.3 Å². The third-order valence-corrected chi connectivity index (χ3v) is 4.12. The number of rotatable bonds is 7. The van der Waals surface area contributed by atoms with Crippen LogP contribution in [0.15, 0.2) is 48.5 Å². The van der Waals surface area contributed by atoms with E-state index in [9.17, 15) is 9.59 Å². The summed E-state index contributed by atoms with van der Waals surface area (Å²) in [5.74, 6) is 0.301. The van der Waals surface area contributed by atoms with E-state index in [2.05, 4.69) is 5.32 Å². The van der Waals surface area contributed by atoms with Crippen molar-refractivity contribution in [3.8, 4) is 5.75 Å². The van der Waals surface area contributed by atoms with Gasteiger partial charge in [0.15, 0.2) is 0 Å². The minimum atomic E-state index is -0.185. The number of para-hydroxylation sites is 2. The minimum Gasteiger partial charge on any atom is -0.495 e. The Morgan fingerprint density at radius 3 is 2.48 bits per heavy atom. The molecule has 25 heavy (non-hydrogen) atoms. The summed E-state index contributed by atoms with van der Waals surface area (Å²) in [7, 11) is 1.55. The zero-order valence-electron chi connectivity index (χ0n) is 14.3. The maximum atomic E-state index is 12.2. The van der Waals surface area contributed by atoms with E-state index >= 15 is 0 Å². The van der Waals surface area contributed by atoms with E-state index in [0.29, 0.717) is 29.5 Å². The van der Waals surface area contributed by atoms with Crippen LogP contribution in [0.3, 0.4) is 0 Å². The molecule has 0 atom stereocenters. The highest BCUT2D eigenvalue weighted by Gasteiger charge is 2.14. The molecule has 0 fully saturated rings. The standard InChI is InChI=1S/C19H21ClN2O3/c1-14(23)22(13-15-7-3-4-8-16(15)20)12-11-19(24)21-17-9-5-6-10-18(17)25-2/h3-10H,11-13H2,1-2H3,(H,21,24). The fourth-order valence-corrected chi connectivity index (χ4v) is 2.57. The number of benzene rings is 2. The average molecular weight is 361 g/mol. The quantitative estimate of drug-likeness (QED) is 0.818. The zero-order valence-corrected chi connectivity index (χ0v) is 15.0. The van der Waals surface area contributed by atoms with E-state index in [4.69, 9.17) is 16.3 Å². The first-order chi connectivity index (χ1) is 12.0. The Kier molecular flexibility index (Phi) is 6.83. The van der Waals surface area contributed by atoms with Crippen molar-refractivity contribution >= 4 is 29.1 Å². The first-order valence-corrected chi connectivity index (χ1v) is 8.31. The molecule has 2 aromatic carbocycles. The van der Waals surface area contributed by atoms with Gasteiger partial charge in [0, 0.05) is 31.5 Å². The molecule has 0 saturated heterocycles.